The molecule has 0 saturated heterocycles. The van der Waals surface area contributed by atoms with Gasteiger partial charge in [-0.3, -0.25) is 4.79 Å². The number of nitrogens with zero attached hydrogens (tertiary/aromatic N) is 1. The molecule has 0 aliphatic rings. The van der Waals surface area contributed by atoms with Crippen molar-refractivity contribution < 1.29 is 4.79 Å². The van der Waals surface area contributed by atoms with E-state index < -0.39 is 0 Å². The number of aromatic amines is 1. The minimum Gasteiger partial charge on any atom is -0.369 e. The Kier molecular flexibility index (Phi) is 11.8. The summed E-state index contributed by atoms with van der Waals surface area (Å²) in [6.45, 7) is 3.03. The molecule has 6 heteroatoms. The number of aromatic nitrogens is 2. The van der Waals surface area contributed by atoms with Gasteiger partial charge in [0.15, 0.2) is 5.95 Å². The molecule has 0 atom stereocenters. The number of hydrogen-bond acceptors (Lipinski definition) is 3. The highest BCUT2D eigenvalue weighted by molar-refractivity contribution is 5.85. The van der Waals surface area contributed by atoms with Crippen molar-refractivity contribution in [1.29, 1.82) is 0 Å². The van der Waals surface area contributed by atoms with Crippen molar-refractivity contribution in [1.82, 2.24) is 15.3 Å². The van der Waals surface area contributed by atoms with Gasteiger partial charge >= 0.3 is 0 Å². The van der Waals surface area contributed by atoms with Gasteiger partial charge in [-0.2, -0.15) is 0 Å². The van der Waals surface area contributed by atoms with Crippen LogP contribution in [0.15, 0.2) is 6.20 Å². The second kappa shape index (κ2) is 12.5. The molecule has 0 bridgehead atoms. The highest BCUT2D eigenvalue weighted by Gasteiger charge is 2.02. The molecule has 0 spiro atoms. The van der Waals surface area contributed by atoms with E-state index in [0.717, 1.165) is 31.5 Å². The third-order valence-electron chi connectivity index (χ3n) is 3.35. The summed E-state index contributed by atoms with van der Waals surface area (Å²) < 4.78 is 0. The van der Waals surface area contributed by atoms with Crippen LogP contribution in [0.2, 0.25) is 0 Å². The molecule has 0 aliphatic carbocycles. The van der Waals surface area contributed by atoms with E-state index in [0.29, 0.717) is 12.4 Å². The number of nitrogens with two attached hydrogens (primary N) is 1. The summed E-state index contributed by atoms with van der Waals surface area (Å²) in [6.07, 6.45) is 11.4. The third-order valence-corrected chi connectivity index (χ3v) is 3.35. The average Bonchev–Trinajstić information content (AvgIpc) is 2.83. The lowest BCUT2D eigenvalue weighted by Gasteiger charge is -2.05. The summed E-state index contributed by atoms with van der Waals surface area (Å²) in [6, 6.07) is 0. The Morgan fingerprint density at radius 2 is 1.95 bits per heavy atom. The number of carbonyl (C=O) groups excluding carboxylic acids is 1. The molecule has 0 unspecified atom stereocenters. The van der Waals surface area contributed by atoms with Gasteiger partial charge in [-0.15, -0.1) is 12.4 Å². The van der Waals surface area contributed by atoms with Crippen molar-refractivity contribution in [3.05, 3.63) is 11.9 Å². The molecule has 1 aromatic heterocycles. The fourth-order valence-electron chi connectivity index (χ4n) is 2.16. The van der Waals surface area contributed by atoms with Crippen molar-refractivity contribution >= 4 is 24.3 Å². The molecule has 21 heavy (non-hydrogen) atoms. The molecule has 122 valence electrons. The fraction of sp³-hybridized carbons (Fsp3) is 0.733. The van der Waals surface area contributed by atoms with Crippen molar-refractivity contribution in [2.45, 2.75) is 64.7 Å². The summed E-state index contributed by atoms with van der Waals surface area (Å²) >= 11 is 0. The number of nitrogen functional groups attached to an aromatic ring is 1. The molecule has 0 saturated carbocycles. The van der Waals surface area contributed by atoms with Gasteiger partial charge in [0.05, 0.1) is 6.20 Å². The van der Waals surface area contributed by atoms with Crippen LogP contribution in [0, 0.1) is 0 Å². The van der Waals surface area contributed by atoms with E-state index in [1.54, 1.807) is 6.20 Å². The number of amides is 1. The second-order valence-corrected chi connectivity index (χ2v) is 5.26. The molecule has 1 amide bonds. The van der Waals surface area contributed by atoms with Crippen LogP contribution in [0.3, 0.4) is 0 Å². The standard InChI is InChI=1S/C15H28N4O.ClH/c1-2-3-4-5-6-7-11-17-14(20)10-8-9-13-12-18-15(16)19-13;/h12H,2-11H2,1H3,(H,17,20)(H3,16,18,19);1H. The SMILES string of the molecule is CCCCCCCCNC(=O)CCCc1cnc(N)[nH]1.Cl. The fourth-order valence-corrected chi connectivity index (χ4v) is 2.16. The number of rotatable bonds is 11. The Morgan fingerprint density at radius 1 is 1.24 bits per heavy atom. The van der Waals surface area contributed by atoms with Crippen LogP contribution in [-0.2, 0) is 11.2 Å². The minimum absolute atomic E-state index is 0. The van der Waals surface area contributed by atoms with E-state index in [2.05, 4.69) is 22.2 Å². The van der Waals surface area contributed by atoms with Crippen LogP contribution in [0.4, 0.5) is 5.95 Å². The van der Waals surface area contributed by atoms with Gasteiger partial charge in [-0.05, 0) is 19.3 Å². The number of halogens is 1. The van der Waals surface area contributed by atoms with E-state index in [1.807, 2.05) is 0 Å². The van der Waals surface area contributed by atoms with E-state index >= 15 is 0 Å². The summed E-state index contributed by atoms with van der Waals surface area (Å²) in [5.74, 6) is 0.582. The number of hydrogen-bond donors (Lipinski definition) is 3. The number of nitrogens with one attached hydrogen (secondary N) is 2. The topological polar surface area (TPSA) is 83.8 Å². The zero-order chi connectivity index (χ0) is 14.6. The third kappa shape index (κ3) is 10.2. The first kappa shape index (κ1) is 19.8. The predicted molar refractivity (Wildman–Crippen MR) is 89.6 cm³/mol. The van der Waals surface area contributed by atoms with Gasteiger partial charge in [0.25, 0.3) is 0 Å². The van der Waals surface area contributed by atoms with Crippen LogP contribution in [0.25, 0.3) is 0 Å². The molecule has 5 nitrogen and oxygen atoms in total. The molecule has 0 aliphatic heterocycles. The Bertz CT molecular complexity index is 382. The zero-order valence-electron chi connectivity index (χ0n) is 13.0. The quantitative estimate of drug-likeness (QED) is 0.548. The van der Waals surface area contributed by atoms with Gasteiger partial charge in [0.2, 0.25) is 5.91 Å². The Hall–Kier alpha value is -1.23. The number of imidazole rings is 1. The van der Waals surface area contributed by atoms with Gasteiger partial charge in [0, 0.05) is 18.7 Å². The maximum absolute atomic E-state index is 11.6. The van der Waals surface area contributed by atoms with Crippen molar-refractivity contribution in [3.63, 3.8) is 0 Å². The Labute approximate surface area is 133 Å². The maximum atomic E-state index is 11.6. The van der Waals surface area contributed by atoms with E-state index in [4.69, 9.17) is 5.73 Å². The summed E-state index contributed by atoms with van der Waals surface area (Å²) in [5.41, 5.74) is 6.48. The highest BCUT2D eigenvalue weighted by Crippen LogP contribution is 2.05. The largest absolute Gasteiger partial charge is 0.369 e. The molecule has 1 aromatic rings. The number of carbonyl (C=O) groups is 1. The van der Waals surface area contributed by atoms with Crippen LogP contribution in [-0.4, -0.2) is 22.4 Å². The lowest BCUT2D eigenvalue weighted by molar-refractivity contribution is -0.121. The highest BCUT2D eigenvalue weighted by atomic mass is 35.5. The molecular formula is C15H29ClN4O. The smallest absolute Gasteiger partial charge is 0.220 e. The van der Waals surface area contributed by atoms with Crippen LogP contribution in [0.1, 0.15) is 64.0 Å². The van der Waals surface area contributed by atoms with Crippen molar-refractivity contribution in [3.8, 4) is 0 Å². The number of H-pyrrole nitrogens is 1. The normalized spacial score (nSPS) is 10.1. The average molecular weight is 317 g/mol. The summed E-state index contributed by atoms with van der Waals surface area (Å²) in [4.78, 5) is 18.5. The molecule has 0 aromatic carbocycles. The van der Waals surface area contributed by atoms with Gasteiger partial charge in [-0.1, -0.05) is 39.0 Å². The van der Waals surface area contributed by atoms with Crippen molar-refractivity contribution in [2.75, 3.05) is 12.3 Å². The summed E-state index contributed by atoms with van der Waals surface area (Å²) in [7, 11) is 0. The van der Waals surface area contributed by atoms with Gasteiger partial charge in [0.1, 0.15) is 0 Å². The van der Waals surface area contributed by atoms with E-state index in [1.165, 1.54) is 32.1 Å². The zero-order valence-corrected chi connectivity index (χ0v) is 13.8. The summed E-state index contributed by atoms with van der Waals surface area (Å²) in [5, 5.41) is 2.98. The molecule has 0 radical (unpaired) electrons. The van der Waals surface area contributed by atoms with Crippen molar-refractivity contribution in [2.24, 2.45) is 0 Å². The first-order valence-electron chi connectivity index (χ1n) is 7.78. The first-order chi connectivity index (χ1) is 9.72. The lowest BCUT2D eigenvalue weighted by atomic mass is 10.1. The number of anilines is 1. The second-order valence-electron chi connectivity index (χ2n) is 5.26. The molecule has 1 heterocycles. The monoisotopic (exact) mass is 316 g/mol. The Morgan fingerprint density at radius 3 is 2.62 bits per heavy atom. The Balaban J connectivity index is 0.00000400. The van der Waals surface area contributed by atoms with E-state index in [-0.39, 0.29) is 18.3 Å². The predicted octanol–water partition coefficient (Wildman–Crippen LogP) is 3.21. The molecule has 4 N–H and O–H groups in total. The van der Waals surface area contributed by atoms with Crippen LogP contribution >= 0.6 is 12.4 Å². The number of unbranched alkanes of at least 4 members (excludes halogenated alkanes) is 5. The van der Waals surface area contributed by atoms with Crippen LogP contribution in [0.5, 0.6) is 0 Å². The molecular weight excluding hydrogens is 288 g/mol. The molecule has 0 fully saturated rings. The number of aryl methyl sites for hydroxylation is 1. The molecule has 1 rings (SSSR count). The van der Waals surface area contributed by atoms with E-state index in [9.17, 15) is 4.79 Å². The lowest BCUT2D eigenvalue weighted by Crippen LogP contribution is -2.24. The maximum Gasteiger partial charge on any atom is 0.220 e. The first-order valence-corrected chi connectivity index (χ1v) is 7.78. The van der Waals surface area contributed by atoms with Crippen LogP contribution < -0.4 is 11.1 Å². The van der Waals surface area contributed by atoms with Gasteiger partial charge < -0.3 is 16.0 Å². The minimum atomic E-state index is 0. The van der Waals surface area contributed by atoms with Gasteiger partial charge in [-0.25, -0.2) is 4.98 Å².